The van der Waals surface area contributed by atoms with Crippen LogP contribution in [-0.4, -0.2) is 50.6 Å². The lowest BCUT2D eigenvalue weighted by Gasteiger charge is -2.35. The molecule has 0 radical (unpaired) electrons. The molecule has 1 amide bonds. The monoisotopic (exact) mass is 243 g/mol. The highest BCUT2D eigenvalue weighted by molar-refractivity contribution is 5.82. The Balaban J connectivity index is 2.91. The predicted octanol–water partition coefficient (Wildman–Crippen LogP) is 0.776. The van der Waals surface area contributed by atoms with Crippen LogP contribution in [0, 0.1) is 5.92 Å². The van der Waals surface area contributed by atoms with Gasteiger partial charge in [-0.25, -0.2) is 9.59 Å². The van der Waals surface area contributed by atoms with Crippen LogP contribution in [0.15, 0.2) is 12.7 Å². The number of methoxy groups -OCH3 is 2. The van der Waals surface area contributed by atoms with E-state index in [4.69, 9.17) is 9.47 Å². The van der Waals surface area contributed by atoms with E-state index >= 15 is 0 Å². The summed E-state index contributed by atoms with van der Waals surface area (Å²) < 4.78 is 14.5. The third-order valence-corrected chi connectivity index (χ3v) is 2.66. The van der Waals surface area contributed by atoms with Crippen molar-refractivity contribution in [1.29, 1.82) is 0 Å². The molecule has 2 atom stereocenters. The number of hydrogen-bond acceptors (Lipinski definition) is 5. The van der Waals surface area contributed by atoms with Crippen molar-refractivity contribution in [2.24, 2.45) is 5.92 Å². The Bertz CT molecular complexity index is 304. The Hall–Kier alpha value is -1.56. The molecule has 1 saturated heterocycles. The minimum atomic E-state index is -0.728. The molecule has 0 spiro atoms. The maximum atomic E-state index is 11.7. The summed E-state index contributed by atoms with van der Waals surface area (Å²) in [5, 5.41) is 0. The lowest BCUT2D eigenvalue weighted by molar-refractivity contribution is -0.158. The fraction of sp³-hybridized carbons (Fsp3) is 0.636. The zero-order chi connectivity index (χ0) is 12.8. The molecule has 17 heavy (non-hydrogen) atoms. The second-order valence-corrected chi connectivity index (χ2v) is 3.66. The quantitative estimate of drug-likeness (QED) is 0.414. The summed E-state index contributed by atoms with van der Waals surface area (Å²) in [6.45, 7) is 3.98. The van der Waals surface area contributed by atoms with Crippen LogP contribution in [0.1, 0.15) is 6.42 Å². The molecular weight excluding hydrogens is 226 g/mol. The molecule has 1 heterocycles. The van der Waals surface area contributed by atoms with E-state index in [1.54, 1.807) is 6.08 Å². The average molecular weight is 243 g/mol. The number of rotatable bonds is 4. The average Bonchev–Trinajstić information content (AvgIpc) is 2.35. The number of hydrogen-bond donors (Lipinski definition) is 0. The Morgan fingerprint density at radius 1 is 1.65 bits per heavy atom. The molecule has 0 saturated carbocycles. The van der Waals surface area contributed by atoms with Gasteiger partial charge in [-0.1, -0.05) is 6.08 Å². The SMILES string of the molecule is C=C[C@@H]1CCOC(=O)[C@H]1N(COC)C(=O)OC. The Kier molecular flexibility index (Phi) is 4.96. The molecule has 6 heteroatoms. The number of esters is 1. The Morgan fingerprint density at radius 2 is 2.35 bits per heavy atom. The molecule has 0 unspecified atom stereocenters. The molecule has 0 aromatic rings. The van der Waals surface area contributed by atoms with Crippen LogP contribution in [0.25, 0.3) is 0 Å². The van der Waals surface area contributed by atoms with Gasteiger partial charge in [0.25, 0.3) is 0 Å². The number of nitrogens with zero attached hydrogens (tertiary/aromatic N) is 1. The van der Waals surface area contributed by atoms with E-state index in [0.717, 1.165) is 0 Å². The van der Waals surface area contributed by atoms with Gasteiger partial charge in [-0.3, -0.25) is 4.90 Å². The van der Waals surface area contributed by atoms with E-state index in [-0.39, 0.29) is 12.6 Å². The van der Waals surface area contributed by atoms with Gasteiger partial charge >= 0.3 is 12.1 Å². The molecule has 1 aliphatic rings. The predicted molar refractivity (Wildman–Crippen MR) is 59.2 cm³/mol. The minimum Gasteiger partial charge on any atom is -0.464 e. The van der Waals surface area contributed by atoms with E-state index in [0.29, 0.717) is 13.0 Å². The van der Waals surface area contributed by atoms with Crippen molar-refractivity contribution in [3.63, 3.8) is 0 Å². The molecule has 1 aliphatic heterocycles. The summed E-state index contributed by atoms with van der Waals surface area (Å²) >= 11 is 0. The minimum absolute atomic E-state index is 0.0310. The number of ether oxygens (including phenoxy) is 3. The van der Waals surface area contributed by atoms with E-state index in [1.807, 2.05) is 0 Å². The molecule has 96 valence electrons. The number of carbonyl (C=O) groups is 2. The first-order chi connectivity index (χ1) is 8.15. The fourth-order valence-electron chi connectivity index (χ4n) is 1.82. The lowest BCUT2D eigenvalue weighted by Crippen LogP contribution is -2.52. The standard InChI is InChI=1S/C11H17NO5/c1-4-8-5-6-17-10(13)9(8)12(7-15-2)11(14)16-3/h4,8-9H,1,5-7H2,2-3H3/t8-,9+/m1/s1. The second kappa shape index (κ2) is 6.24. The maximum absolute atomic E-state index is 11.7. The van der Waals surface area contributed by atoms with Crippen molar-refractivity contribution in [2.75, 3.05) is 27.6 Å². The van der Waals surface area contributed by atoms with Gasteiger partial charge in [-0.05, 0) is 6.42 Å². The van der Waals surface area contributed by atoms with Crippen LogP contribution in [0.4, 0.5) is 4.79 Å². The highest BCUT2D eigenvalue weighted by atomic mass is 16.6. The van der Waals surface area contributed by atoms with Crippen LogP contribution in [-0.2, 0) is 19.0 Å². The topological polar surface area (TPSA) is 65.1 Å². The van der Waals surface area contributed by atoms with Crippen molar-refractivity contribution in [1.82, 2.24) is 4.90 Å². The lowest BCUT2D eigenvalue weighted by atomic mass is 9.93. The zero-order valence-corrected chi connectivity index (χ0v) is 10.0. The Morgan fingerprint density at radius 3 is 2.88 bits per heavy atom. The largest absolute Gasteiger partial charge is 0.464 e. The molecular formula is C11H17NO5. The molecule has 0 aliphatic carbocycles. The first kappa shape index (κ1) is 13.5. The summed E-state index contributed by atoms with van der Waals surface area (Å²) in [5.41, 5.74) is 0. The summed E-state index contributed by atoms with van der Waals surface area (Å²) in [6.07, 6.45) is 1.66. The molecule has 0 N–H and O–H groups in total. The van der Waals surface area contributed by atoms with Crippen molar-refractivity contribution in [3.8, 4) is 0 Å². The van der Waals surface area contributed by atoms with Crippen LogP contribution < -0.4 is 0 Å². The van der Waals surface area contributed by atoms with Crippen LogP contribution in [0.3, 0.4) is 0 Å². The van der Waals surface area contributed by atoms with Crippen LogP contribution >= 0.6 is 0 Å². The summed E-state index contributed by atoms with van der Waals surface area (Å²) in [6, 6.07) is -0.728. The van der Waals surface area contributed by atoms with E-state index in [9.17, 15) is 9.59 Å². The Labute approximate surface area is 100 Å². The fourth-order valence-corrected chi connectivity index (χ4v) is 1.82. The number of carbonyl (C=O) groups excluding carboxylic acids is 2. The van der Waals surface area contributed by atoms with Crippen molar-refractivity contribution >= 4 is 12.1 Å². The highest BCUT2D eigenvalue weighted by Gasteiger charge is 2.39. The van der Waals surface area contributed by atoms with E-state index < -0.39 is 18.1 Å². The maximum Gasteiger partial charge on any atom is 0.412 e. The summed E-state index contributed by atoms with van der Waals surface area (Å²) in [5.74, 6) is -0.603. The first-order valence-corrected chi connectivity index (χ1v) is 5.28. The number of cyclic esters (lactones) is 1. The van der Waals surface area contributed by atoms with Crippen molar-refractivity contribution in [2.45, 2.75) is 12.5 Å². The van der Waals surface area contributed by atoms with Gasteiger partial charge in [0.2, 0.25) is 0 Å². The number of amides is 1. The third-order valence-electron chi connectivity index (χ3n) is 2.66. The van der Waals surface area contributed by atoms with Gasteiger partial charge in [-0.15, -0.1) is 6.58 Å². The molecule has 0 aromatic carbocycles. The van der Waals surface area contributed by atoms with Gasteiger partial charge in [0.05, 0.1) is 13.7 Å². The summed E-state index contributed by atoms with van der Waals surface area (Å²) in [7, 11) is 2.69. The second-order valence-electron chi connectivity index (χ2n) is 3.66. The molecule has 0 aromatic heterocycles. The summed E-state index contributed by atoms with van der Waals surface area (Å²) in [4.78, 5) is 24.5. The van der Waals surface area contributed by atoms with Gasteiger partial charge in [0.1, 0.15) is 12.8 Å². The van der Waals surface area contributed by atoms with Gasteiger partial charge in [0, 0.05) is 13.0 Å². The zero-order valence-electron chi connectivity index (χ0n) is 10.0. The van der Waals surface area contributed by atoms with Crippen molar-refractivity contribution < 1.29 is 23.8 Å². The smallest absolute Gasteiger partial charge is 0.412 e. The van der Waals surface area contributed by atoms with Crippen LogP contribution in [0.2, 0.25) is 0 Å². The highest BCUT2D eigenvalue weighted by Crippen LogP contribution is 2.23. The first-order valence-electron chi connectivity index (χ1n) is 5.28. The van der Waals surface area contributed by atoms with Gasteiger partial charge < -0.3 is 14.2 Å². The van der Waals surface area contributed by atoms with Crippen LogP contribution in [0.5, 0.6) is 0 Å². The molecule has 0 bridgehead atoms. The normalized spacial score (nSPS) is 23.8. The van der Waals surface area contributed by atoms with E-state index in [2.05, 4.69) is 11.3 Å². The van der Waals surface area contributed by atoms with Gasteiger partial charge in [-0.2, -0.15) is 0 Å². The molecule has 6 nitrogen and oxygen atoms in total. The molecule has 1 fully saturated rings. The third kappa shape index (κ3) is 2.97. The van der Waals surface area contributed by atoms with E-state index in [1.165, 1.54) is 19.1 Å². The van der Waals surface area contributed by atoms with Crippen molar-refractivity contribution in [3.05, 3.63) is 12.7 Å². The molecule has 1 rings (SSSR count). The van der Waals surface area contributed by atoms with Gasteiger partial charge in [0.15, 0.2) is 0 Å².